The maximum absolute atomic E-state index is 11.3. The molecule has 10 heavy (non-hydrogen) atoms. The van der Waals surface area contributed by atoms with Gasteiger partial charge in [0, 0.05) is 20.0 Å². The number of carbonyl (C=O) groups excluding carboxylic acids is 1. The molecule has 0 heterocycles. The zero-order valence-electron chi connectivity index (χ0n) is 6.76. The van der Waals surface area contributed by atoms with Gasteiger partial charge in [-0.3, -0.25) is 4.79 Å². The van der Waals surface area contributed by atoms with Crippen molar-refractivity contribution in [1.82, 2.24) is 4.90 Å². The van der Waals surface area contributed by atoms with Gasteiger partial charge in [0.25, 0.3) is 0 Å². The standard InChI is InChI=1S/C8H15NO/c1-9(2)8(10)7-5-3-4-6-7/h7H,3-6H2,1-2H3. The summed E-state index contributed by atoms with van der Waals surface area (Å²) in [4.78, 5) is 13.0. The van der Waals surface area contributed by atoms with Crippen molar-refractivity contribution < 1.29 is 4.79 Å². The molecule has 1 fully saturated rings. The molecule has 0 aromatic carbocycles. The minimum atomic E-state index is 0.317. The van der Waals surface area contributed by atoms with E-state index in [0.717, 1.165) is 12.8 Å². The van der Waals surface area contributed by atoms with Crippen LogP contribution in [0.5, 0.6) is 0 Å². The second-order valence-electron chi connectivity index (χ2n) is 3.21. The predicted molar refractivity (Wildman–Crippen MR) is 40.7 cm³/mol. The van der Waals surface area contributed by atoms with Crippen molar-refractivity contribution in [1.29, 1.82) is 0 Å². The predicted octanol–water partition coefficient (Wildman–Crippen LogP) is 1.26. The maximum atomic E-state index is 11.3. The largest absolute Gasteiger partial charge is 0.349 e. The lowest BCUT2D eigenvalue weighted by atomic mass is 10.1. The van der Waals surface area contributed by atoms with Gasteiger partial charge in [0.05, 0.1) is 0 Å². The molecule has 0 bridgehead atoms. The van der Waals surface area contributed by atoms with Gasteiger partial charge in [-0.2, -0.15) is 0 Å². The highest BCUT2D eigenvalue weighted by atomic mass is 16.2. The first kappa shape index (κ1) is 7.58. The molecule has 2 nitrogen and oxygen atoms in total. The summed E-state index contributed by atoms with van der Waals surface area (Å²) < 4.78 is 0. The lowest BCUT2D eigenvalue weighted by Crippen LogP contribution is -2.27. The van der Waals surface area contributed by atoms with Gasteiger partial charge in [-0.15, -0.1) is 0 Å². The Balaban J connectivity index is 2.40. The van der Waals surface area contributed by atoms with Crippen LogP contribution in [0.25, 0.3) is 0 Å². The molecule has 1 aliphatic carbocycles. The SMILES string of the molecule is CN(C)C(=O)C1CCCC1. The zero-order chi connectivity index (χ0) is 7.56. The van der Waals surface area contributed by atoms with Crippen molar-refractivity contribution in [2.75, 3.05) is 14.1 Å². The van der Waals surface area contributed by atoms with Crippen LogP contribution in [-0.2, 0) is 4.79 Å². The molecule has 58 valence electrons. The topological polar surface area (TPSA) is 20.3 Å². The second kappa shape index (κ2) is 3.04. The Hall–Kier alpha value is -0.530. The maximum Gasteiger partial charge on any atom is 0.225 e. The summed E-state index contributed by atoms with van der Waals surface area (Å²) in [7, 11) is 3.67. The molecular weight excluding hydrogens is 126 g/mol. The molecule has 1 saturated carbocycles. The molecule has 0 atom stereocenters. The Bertz CT molecular complexity index is 125. The van der Waals surface area contributed by atoms with Crippen LogP contribution in [0, 0.1) is 5.92 Å². The van der Waals surface area contributed by atoms with Crippen LogP contribution in [0.4, 0.5) is 0 Å². The van der Waals surface area contributed by atoms with E-state index in [1.54, 1.807) is 4.90 Å². The van der Waals surface area contributed by atoms with Gasteiger partial charge < -0.3 is 4.90 Å². The number of hydrogen-bond donors (Lipinski definition) is 0. The number of nitrogens with zero attached hydrogens (tertiary/aromatic N) is 1. The van der Waals surface area contributed by atoms with Crippen LogP contribution in [-0.4, -0.2) is 24.9 Å². The van der Waals surface area contributed by atoms with E-state index >= 15 is 0 Å². The van der Waals surface area contributed by atoms with Crippen LogP contribution >= 0.6 is 0 Å². The molecule has 1 amide bonds. The molecule has 1 rings (SSSR count). The number of carbonyl (C=O) groups is 1. The first-order valence-electron chi connectivity index (χ1n) is 3.93. The average molecular weight is 141 g/mol. The Labute approximate surface area is 62.2 Å². The van der Waals surface area contributed by atoms with Gasteiger partial charge in [-0.25, -0.2) is 0 Å². The van der Waals surface area contributed by atoms with Gasteiger partial charge in [-0.05, 0) is 12.8 Å². The van der Waals surface area contributed by atoms with Crippen molar-refractivity contribution in [3.05, 3.63) is 0 Å². The molecule has 1 aliphatic rings. The smallest absolute Gasteiger partial charge is 0.225 e. The Morgan fingerprint density at radius 1 is 1.30 bits per heavy atom. The van der Waals surface area contributed by atoms with Gasteiger partial charge in [0.2, 0.25) is 5.91 Å². The monoisotopic (exact) mass is 141 g/mol. The van der Waals surface area contributed by atoms with Crippen molar-refractivity contribution in [2.45, 2.75) is 25.7 Å². The third-order valence-corrected chi connectivity index (χ3v) is 2.15. The number of hydrogen-bond acceptors (Lipinski definition) is 1. The van der Waals surface area contributed by atoms with Crippen molar-refractivity contribution in [2.24, 2.45) is 5.92 Å². The molecule has 0 unspecified atom stereocenters. The fraction of sp³-hybridized carbons (Fsp3) is 0.875. The van der Waals surface area contributed by atoms with Crippen LogP contribution in [0.3, 0.4) is 0 Å². The summed E-state index contributed by atoms with van der Waals surface area (Å²) in [6.07, 6.45) is 4.70. The van der Waals surface area contributed by atoms with Gasteiger partial charge >= 0.3 is 0 Å². The van der Waals surface area contributed by atoms with Crippen molar-refractivity contribution >= 4 is 5.91 Å². The molecule has 0 radical (unpaired) electrons. The summed E-state index contributed by atoms with van der Waals surface area (Å²) >= 11 is 0. The van der Waals surface area contributed by atoms with E-state index in [9.17, 15) is 4.79 Å². The van der Waals surface area contributed by atoms with Crippen LogP contribution in [0.2, 0.25) is 0 Å². The summed E-state index contributed by atoms with van der Waals surface area (Å²) in [6.45, 7) is 0. The lowest BCUT2D eigenvalue weighted by Gasteiger charge is -2.14. The van der Waals surface area contributed by atoms with Crippen molar-refractivity contribution in [3.63, 3.8) is 0 Å². The summed E-state index contributed by atoms with van der Waals surface area (Å²) in [6, 6.07) is 0. The molecule has 0 spiro atoms. The third-order valence-electron chi connectivity index (χ3n) is 2.15. The fourth-order valence-electron chi connectivity index (χ4n) is 1.54. The van der Waals surface area contributed by atoms with E-state index in [0.29, 0.717) is 11.8 Å². The van der Waals surface area contributed by atoms with Gasteiger partial charge in [-0.1, -0.05) is 12.8 Å². The summed E-state index contributed by atoms with van der Waals surface area (Å²) in [5.41, 5.74) is 0. The highest BCUT2D eigenvalue weighted by molar-refractivity contribution is 5.78. The highest BCUT2D eigenvalue weighted by Gasteiger charge is 2.23. The molecule has 0 saturated heterocycles. The Kier molecular flexibility index (Phi) is 2.30. The zero-order valence-corrected chi connectivity index (χ0v) is 6.76. The van der Waals surface area contributed by atoms with E-state index in [-0.39, 0.29) is 0 Å². The Morgan fingerprint density at radius 2 is 1.80 bits per heavy atom. The van der Waals surface area contributed by atoms with Crippen LogP contribution in [0.15, 0.2) is 0 Å². The molecule has 0 aliphatic heterocycles. The first-order valence-corrected chi connectivity index (χ1v) is 3.93. The van der Waals surface area contributed by atoms with Crippen LogP contribution in [0.1, 0.15) is 25.7 Å². The van der Waals surface area contributed by atoms with E-state index in [4.69, 9.17) is 0 Å². The second-order valence-corrected chi connectivity index (χ2v) is 3.21. The van der Waals surface area contributed by atoms with E-state index in [1.807, 2.05) is 14.1 Å². The normalized spacial score (nSPS) is 19.4. The fourth-order valence-corrected chi connectivity index (χ4v) is 1.54. The Morgan fingerprint density at radius 3 is 2.20 bits per heavy atom. The molecule has 2 heteroatoms. The van der Waals surface area contributed by atoms with E-state index in [1.165, 1.54) is 12.8 Å². The lowest BCUT2D eigenvalue weighted by molar-refractivity contribution is -0.132. The van der Waals surface area contributed by atoms with E-state index < -0.39 is 0 Å². The highest BCUT2D eigenvalue weighted by Crippen LogP contribution is 2.25. The van der Waals surface area contributed by atoms with E-state index in [2.05, 4.69) is 0 Å². The minimum absolute atomic E-state index is 0.317. The van der Waals surface area contributed by atoms with Gasteiger partial charge in [0.1, 0.15) is 0 Å². The number of rotatable bonds is 1. The molecular formula is C8H15NO. The first-order chi connectivity index (χ1) is 4.72. The minimum Gasteiger partial charge on any atom is -0.349 e. The summed E-state index contributed by atoms with van der Waals surface area (Å²) in [5, 5.41) is 0. The van der Waals surface area contributed by atoms with Crippen molar-refractivity contribution in [3.8, 4) is 0 Å². The quantitative estimate of drug-likeness (QED) is 0.538. The average Bonchev–Trinajstić information content (AvgIpc) is 2.36. The third kappa shape index (κ3) is 1.49. The van der Waals surface area contributed by atoms with Crippen LogP contribution < -0.4 is 0 Å². The summed E-state index contributed by atoms with van der Waals surface area (Å²) in [5.74, 6) is 0.660. The molecule has 0 N–H and O–H groups in total. The van der Waals surface area contributed by atoms with Gasteiger partial charge in [0.15, 0.2) is 0 Å². The molecule has 0 aromatic heterocycles. The number of amides is 1. The molecule has 0 aromatic rings.